The van der Waals surface area contributed by atoms with Gasteiger partial charge in [-0.2, -0.15) is 13.2 Å². The number of hydrogen-bond donors (Lipinski definition) is 2. The Balaban J connectivity index is 3.00. The SMILES string of the molecule is CCCNc1cc(C(F)(F)F)cc(NC(CC)COC)n1. The van der Waals surface area contributed by atoms with E-state index >= 15 is 0 Å². The molecule has 1 heterocycles. The van der Waals surface area contributed by atoms with E-state index in [4.69, 9.17) is 4.74 Å². The van der Waals surface area contributed by atoms with Crippen LogP contribution in [0.3, 0.4) is 0 Å². The van der Waals surface area contributed by atoms with Gasteiger partial charge in [0.1, 0.15) is 11.6 Å². The predicted molar refractivity (Wildman–Crippen MR) is 77.6 cm³/mol. The summed E-state index contributed by atoms with van der Waals surface area (Å²) in [4.78, 5) is 4.18. The van der Waals surface area contributed by atoms with Crippen molar-refractivity contribution < 1.29 is 17.9 Å². The molecule has 1 unspecified atom stereocenters. The van der Waals surface area contributed by atoms with Gasteiger partial charge in [-0.15, -0.1) is 0 Å². The molecular formula is C14H22F3N3O. The summed E-state index contributed by atoms with van der Waals surface area (Å²) in [6.45, 7) is 4.85. The van der Waals surface area contributed by atoms with E-state index in [1.165, 1.54) is 0 Å². The van der Waals surface area contributed by atoms with Crippen LogP contribution in [0.4, 0.5) is 24.8 Å². The number of rotatable bonds is 8. The predicted octanol–water partition coefficient (Wildman–Crippen LogP) is 3.76. The van der Waals surface area contributed by atoms with Crippen LogP contribution in [0.25, 0.3) is 0 Å². The van der Waals surface area contributed by atoms with Crippen molar-refractivity contribution in [1.29, 1.82) is 0 Å². The molecule has 1 aromatic heterocycles. The van der Waals surface area contributed by atoms with Crippen molar-refractivity contribution in [3.8, 4) is 0 Å². The first-order chi connectivity index (χ1) is 9.90. The zero-order valence-electron chi connectivity index (χ0n) is 12.5. The maximum atomic E-state index is 12.9. The van der Waals surface area contributed by atoms with Crippen LogP contribution in [-0.4, -0.2) is 31.3 Å². The number of pyridine rings is 1. The first kappa shape index (κ1) is 17.6. The second-order valence-corrected chi connectivity index (χ2v) is 4.76. The van der Waals surface area contributed by atoms with Gasteiger partial charge in [0.25, 0.3) is 0 Å². The maximum absolute atomic E-state index is 12.9. The molecule has 0 amide bonds. The van der Waals surface area contributed by atoms with Gasteiger partial charge in [0.05, 0.1) is 18.2 Å². The summed E-state index contributed by atoms with van der Waals surface area (Å²) < 4.78 is 43.8. The van der Waals surface area contributed by atoms with Gasteiger partial charge in [-0.1, -0.05) is 13.8 Å². The van der Waals surface area contributed by atoms with Crippen molar-refractivity contribution in [3.05, 3.63) is 17.7 Å². The molecule has 1 rings (SSSR count). The highest BCUT2D eigenvalue weighted by molar-refractivity contribution is 5.50. The number of hydrogen-bond acceptors (Lipinski definition) is 4. The summed E-state index contributed by atoms with van der Waals surface area (Å²) in [5.74, 6) is 0.425. The molecule has 0 aliphatic carbocycles. The van der Waals surface area contributed by atoms with Crippen LogP contribution in [0.15, 0.2) is 12.1 Å². The molecule has 1 atom stereocenters. The van der Waals surface area contributed by atoms with Gasteiger partial charge in [0, 0.05) is 13.7 Å². The number of methoxy groups -OCH3 is 1. The molecule has 21 heavy (non-hydrogen) atoms. The highest BCUT2D eigenvalue weighted by Gasteiger charge is 2.31. The number of halogens is 3. The van der Waals surface area contributed by atoms with Crippen molar-refractivity contribution in [2.75, 3.05) is 30.9 Å². The molecule has 0 aromatic carbocycles. The molecule has 0 saturated carbocycles. The number of nitrogens with zero attached hydrogens (tertiary/aromatic N) is 1. The molecule has 0 aliphatic heterocycles. The van der Waals surface area contributed by atoms with Crippen molar-refractivity contribution in [3.63, 3.8) is 0 Å². The van der Waals surface area contributed by atoms with Crippen LogP contribution in [0.1, 0.15) is 32.3 Å². The van der Waals surface area contributed by atoms with E-state index in [-0.39, 0.29) is 17.7 Å². The van der Waals surface area contributed by atoms with Crippen molar-refractivity contribution in [1.82, 2.24) is 4.98 Å². The van der Waals surface area contributed by atoms with Gasteiger partial charge in [-0.3, -0.25) is 0 Å². The van der Waals surface area contributed by atoms with Gasteiger partial charge in [0.15, 0.2) is 0 Å². The minimum absolute atomic E-state index is 0.0787. The quantitative estimate of drug-likeness (QED) is 0.767. The second kappa shape index (κ2) is 8.07. The summed E-state index contributed by atoms with van der Waals surface area (Å²) in [6.07, 6.45) is -2.86. The van der Waals surface area contributed by atoms with Gasteiger partial charge < -0.3 is 15.4 Å². The molecule has 120 valence electrons. The van der Waals surface area contributed by atoms with E-state index in [1.807, 2.05) is 13.8 Å². The minimum Gasteiger partial charge on any atom is -0.383 e. The summed E-state index contributed by atoms with van der Waals surface area (Å²) in [5, 5.41) is 5.87. The van der Waals surface area contributed by atoms with E-state index in [0.717, 1.165) is 25.0 Å². The van der Waals surface area contributed by atoms with Gasteiger partial charge >= 0.3 is 6.18 Å². The minimum atomic E-state index is -4.40. The Hall–Kier alpha value is -1.50. The fraction of sp³-hybridized carbons (Fsp3) is 0.643. The Morgan fingerprint density at radius 2 is 1.90 bits per heavy atom. The lowest BCUT2D eigenvalue weighted by Crippen LogP contribution is -2.25. The topological polar surface area (TPSA) is 46.2 Å². The Morgan fingerprint density at radius 1 is 1.24 bits per heavy atom. The van der Waals surface area contributed by atoms with Crippen LogP contribution in [-0.2, 0) is 10.9 Å². The monoisotopic (exact) mass is 305 g/mol. The number of ether oxygens (including phenoxy) is 1. The number of anilines is 2. The fourth-order valence-electron chi connectivity index (χ4n) is 1.78. The standard InChI is InChI=1S/C14H22F3N3O/c1-4-6-18-12-7-10(14(15,16)17)8-13(20-12)19-11(5-2)9-21-3/h7-8,11H,4-6,9H2,1-3H3,(H2,18,19,20). The molecule has 0 spiro atoms. The summed E-state index contributed by atoms with van der Waals surface area (Å²) in [7, 11) is 1.55. The summed E-state index contributed by atoms with van der Waals surface area (Å²) >= 11 is 0. The molecule has 2 N–H and O–H groups in total. The van der Waals surface area contributed by atoms with Crippen molar-refractivity contribution in [2.45, 2.75) is 38.9 Å². The van der Waals surface area contributed by atoms with E-state index in [9.17, 15) is 13.2 Å². The van der Waals surface area contributed by atoms with E-state index in [0.29, 0.717) is 13.2 Å². The third kappa shape index (κ3) is 5.79. The summed E-state index contributed by atoms with van der Waals surface area (Å²) in [6, 6.07) is 1.97. The number of nitrogens with one attached hydrogen (secondary N) is 2. The highest BCUT2D eigenvalue weighted by Crippen LogP contribution is 2.32. The molecular weight excluding hydrogens is 283 g/mol. The average molecular weight is 305 g/mol. The van der Waals surface area contributed by atoms with Gasteiger partial charge in [0.2, 0.25) is 0 Å². The summed E-state index contributed by atoms with van der Waals surface area (Å²) in [5.41, 5.74) is -0.717. The Labute approximate surface area is 123 Å². The molecule has 4 nitrogen and oxygen atoms in total. The zero-order chi connectivity index (χ0) is 15.9. The smallest absolute Gasteiger partial charge is 0.383 e. The molecule has 0 aliphatic rings. The average Bonchev–Trinajstić information content (AvgIpc) is 2.43. The number of aromatic nitrogens is 1. The van der Waals surface area contributed by atoms with Crippen LogP contribution in [0.2, 0.25) is 0 Å². The van der Waals surface area contributed by atoms with E-state index in [1.54, 1.807) is 7.11 Å². The van der Waals surface area contributed by atoms with E-state index < -0.39 is 11.7 Å². The largest absolute Gasteiger partial charge is 0.416 e. The lowest BCUT2D eigenvalue weighted by molar-refractivity contribution is -0.137. The first-order valence-corrected chi connectivity index (χ1v) is 6.99. The molecule has 0 saturated heterocycles. The Kier molecular flexibility index (Phi) is 6.74. The Morgan fingerprint density at radius 3 is 2.43 bits per heavy atom. The third-order valence-corrected chi connectivity index (χ3v) is 2.92. The maximum Gasteiger partial charge on any atom is 0.416 e. The normalized spacial score (nSPS) is 13.0. The van der Waals surface area contributed by atoms with Crippen LogP contribution < -0.4 is 10.6 Å². The van der Waals surface area contributed by atoms with E-state index in [2.05, 4.69) is 15.6 Å². The molecule has 1 aromatic rings. The molecule has 0 fully saturated rings. The zero-order valence-corrected chi connectivity index (χ0v) is 12.5. The third-order valence-electron chi connectivity index (χ3n) is 2.92. The van der Waals surface area contributed by atoms with Crippen LogP contribution in [0.5, 0.6) is 0 Å². The first-order valence-electron chi connectivity index (χ1n) is 6.99. The van der Waals surface area contributed by atoms with Crippen LogP contribution in [0, 0.1) is 0 Å². The lowest BCUT2D eigenvalue weighted by Gasteiger charge is -2.19. The van der Waals surface area contributed by atoms with Gasteiger partial charge in [-0.05, 0) is 25.0 Å². The lowest BCUT2D eigenvalue weighted by atomic mass is 10.2. The van der Waals surface area contributed by atoms with Crippen LogP contribution >= 0.6 is 0 Å². The fourth-order valence-corrected chi connectivity index (χ4v) is 1.78. The molecule has 0 radical (unpaired) electrons. The number of alkyl halides is 3. The highest BCUT2D eigenvalue weighted by atomic mass is 19.4. The van der Waals surface area contributed by atoms with Crippen molar-refractivity contribution >= 4 is 11.6 Å². The molecule has 0 bridgehead atoms. The molecule has 7 heteroatoms. The second-order valence-electron chi connectivity index (χ2n) is 4.76. The van der Waals surface area contributed by atoms with Gasteiger partial charge in [-0.25, -0.2) is 4.98 Å². The Bertz CT molecular complexity index is 438. The van der Waals surface area contributed by atoms with Crippen molar-refractivity contribution in [2.24, 2.45) is 0 Å².